The zero-order valence-electron chi connectivity index (χ0n) is 9.52. The van der Waals surface area contributed by atoms with Gasteiger partial charge in [0.2, 0.25) is 5.28 Å². The van der Waals surface area contributed by atoms with Crippen LogP contribution in [0.1, 0.15) is 5.56 Å². The number of aromatic nitrogens is 3. The quantitative estimate of drug-likeness (QED) is 0.709. The van der Waals surface area contributed by atoms with Crippen LogP contribution in [-0.2, 0) is 6.54 Å². The second-order valence-corrected chi connectivity index (χ2v) is 4.26. The van der Waals surface area contributed by atoms with Crippen LogP contribution in [0.3, 0.4) is 0 Å². The van der Waals surface area contributed by atoms with Crippen molar-refractivity contribution in [1.82, 2.24) is 15.0 Å². The van der Waals surface area contributed by atoms with Gasteiger partial charge in [0.25, 0.3) is 0 Å². The average molecular weight is 259 g/mol. The van der Waals surface area contributed by atoms with Gasteiger partial charge in [0, 0.05) is 12.7 Å². The van der Waals surface area contributed by atoms with Gasteiger partial charge in [-0.25, -0.2) is 4.98 Å². The van der Waals surface area contributed by atoms with Gasteiger partial charge in [-0.05, 0) is 23.2 Å². The van der Waals surface area contributed by atoms with Crippen LogP contribution in [0, 0.1) is 0 Å². The van der Waals surface area contributed by atoms with Gasteiger partial charge in [-0.1, -0.05) is 30.3 Å². The van der Waals surface area contributed by atoms with E-state index in [1.807, 2.05) is 30.5 Å². The molecule has 0 fully saturated rings. The number of hydrogen-bond donors (Lipinski definition) is 2. The second-order valence-electron chi connectivity index (χ2n) is 3.92. The molecule has 2 N–H and O–H groups in total. The summed E-state index contributed by atoms with van der Waals surface area (Å²) in [4.78, 5) is 11.3. The van der Waals surface area contributed by atoms with Crippen molar-refractivity contribution < 1.29 is 0 Å². The lowest BCUT2D eigenvalue weighted by molar-refractivity contribution is 1.10. The van der Waals surface area contributed by atoms with Crippen molar-refractivity contribution in [3.63, 3.8) is 0 Å². The van der Waals surface area contributed by atoms with E-state index in [0.29, 0.717) is 6.54 Å². The van der Waals surface area contributed by atoms with E-state index >= 15 is 0 Å². The largest absolute Gasteiger partial charge is 0.365 e. The fraction of sp³-hybridized carbons (Fsp3) is 0.0769. The number of aromatic amines is 1. The maximum absolute atomic E-state index is 5.88. The van der Waals surface area contributed by atoms with E-state index in [1.54, 1.807) is 0 Å². The van der Waals surface area contributed by atoms with Gasteiger partial charge in [0.1, 0.15) is 11.5 Å². The fourth-order valence-electron chi connectivity index (χ4n) is 1.83. The molecule has 0 bridgehead atoms. The van der Waals surface area contributed by atoms with Gasteiger partial charge >= 0.3 is 0 Å². The highest BCUT2D eigenvalue weighted by molar-refractivity contribution is 6.28. The van der Waals surface area contributed by atoms with E-state index < -0.39 is 0 Å². The summed E-state index contributed by atoms with van der Waals surface area (Å²) in [6, 6.07) is 12.1. The van der Waals surface area contributed by atoms with Gasteiger partial charge in [-0.3, -0.25) is 0 Å². The maximum Gasteiger partial charge on any atom is 0.226 e. The smallest absolute Gasteiger partial charge is 0.226 e. The Morgan fingerprint density at radius 2 is 1.94 bits per heavy atom. The Kier molecular flexibility index (Phi) is 2.86. The summed E-state index contributed by atoms with van der Waals surface area (Å²) < 4.78 is 0. The topological polar surface area (TPSA) is 53.6 Å². The molecule has 0 aliphatic rings. The SMILES string of the molecule is Clc1nc(NCc2ccccc2)c2cc[nH]c2n1. The van der Waals surface area contributed by atoms with Crippen molar-refractivity contribution in [2.45, 2.75) is 6.54 Å². The molecule has 0 spiro atoms. The van der Waals surface area contributed by atoms with Gasteiger partial charge in [0.15, 0.2) is 0 Å². The summed E-state index contributed by atoms with van der Waals surface area (Å²) in [5.74, 6) is 0.745. The molecular weight excluding hydrogens is 248 g/mol. The zero-order chi connectivity index (χ0) is 12.4. The molecule has 0 saturated heterocycles. The van der Waals surface area contributed by atoms with Gasteiger partial charge in [-0.15, -0.1) is 0 Å². The third-order valence-corrected chi connectivity index (χ3v) is 2.86. The van der Waals surface area contributed by atoms with Crippen molar-refractivity contribution >= 4 is 28.5 Å². The van der Waals surface area contributed by atoms with Gasteiger partial charge < -0.3 is 10.3 Å². The summed E-state index contributed by atoms with van der Waals surface area (Å²) in [5, 5.41) is 4.45. The van der Waals surface area contributed by atoms with Crippen LogP contribution in [0.2, 0.25) is 5.28 Å². The lowest BCUT2D eigenvalue weighted by atomic mass is 10.2. The number of anilines is 1. The number of nitrogens with zero attached hydrogens (tertiary/aromatic N) is 2. The molecule has 0 radical (unpaired) electrons. The van der Waals surface area contributed by atoms with Crippen molar-refractivity contribution in [2.24, 2.45) is 0 Å². The van der Waals surface area contributed by atoms with Crippen molar-refractivity contribution in [1.29, 1.82) is 0 Å². The summed E-state index contributed by atoms with van der Waals surface area (Å²) in [7, 11) is 0. The van der Waals surface area contributed by atoms with E-state index in [2.05, 4.69) is 32.4 Å². The van der Waals surface area contributed by atoms with Crippen LogP contribution in [0.25, 0.3) is 11.0 Å². The van der Waals surface area contributed by atoms with Crippen LogP contribution in [0.5, 0.6) is 0 Å². The minimum absolute atomic E-state index is 0.237. The molecule has 2 heterocycles. The van der Waals surface area contributed by atoms with Crippen LogP contribution in [0.15, 0.2) is 42.6 Å². The van der Waals surface area contributed by atoms with Crippen LogP contribution >= 0.6 is 11.6 Å². The normalized spacial score (nSPS) is 10.7. The first kappa shape index (κ1) is 11.0. The molecule has 5 heteroatoms. The third kappa shape index (κ3) is 2.15. The number of rotatable bonds is 3. The molecule has 0 aliphatic heterocycles. The minimum atomic E-state index is 0.237. The highest BCUT2D eigenvalue weighted by Gasteiger charge is 2.06. The molecule has 3 rings (SSSR count). The van der Waals surface area contributed by atoms with Crippen LogP contribution in [-0.4, -0.2) is 15.0 Å². The third-order valence-electron chi connectivity index (χ3n) is 2.69. The fourth-order valence-corrected chi connectivity index (χ4v) is 2.00. The monoisotopic (exact) mass is 258 g/mol. The summed E-state index contributed by atoms with van der Waals surface area (Å²) in [5.41, 5.74) is 1.93. The average Bonchev–Trinajstić information content (AvgIpc) is 2.85. The molecule has 0 saturated carbocycles. The van der Waals surface area contributed by atoms with Crippen LogP contribution in [0.4, 0.5) is 5.82 Å². The van der Waals surface area contributed by atoms with Crippen molar-refractivity contribution in [3.8, 4) is 0 Å². The molecular formula is C13H11ClN4. The molecule has 4 nitrogen and oxygen atoms in total. The molecule has 90 valence electrons. The first-order chi connectivity index (χ1) is 8.83. The number of hydrogen-bond acceptors (Lipinski definition) is 3. The van der Waals surface area contributed by atoms with E-state index in [1.165, 1.54) is 5.56 Å². The van der Waals surface area contributed by atoms with Gasteiger partial charge in [-0.2, -0.15) is 4.98 Å². The van der Waals surface area contributed by atoms with Gasteiger partial charge in [0.05, 0.1) is 5.39 Å². The number of fused-ring (bicyclic) bond motifs is 1. The minimum Gasteiger partial charge on any atom is -0.365 e. The standard InChI is InChI=1S/C13H11ClN4/c14-13-17-11-10(6-7-15-11)12(18-13)16-8-9-4-2-1-3-5-9/h1-7H,8H2,(H2,15,16,17,18). The highest BCUT2D eigenvalue weighted by atomic mass is 35.5. The Bertz CT molecular complexity index is 663. The first-order valence-corrected chi connectivity index (χ1v) is 5.99. The van der Waals surface area contributed by atoms with Crippen molar-refractivity contribution in [3.05, 3.63) is 53.4 Å². The number of H-pyrrole nitrogens is 1. The van der Waals surface area contributed by atoms with E-state index in [0.717, 1.165) is 16.9 Å². The number of benzene rings is 1. The number of halogens is 1. The van der Waals surface area contributed by atoms with Crippen molar-refractivity contribution in [2.75, 3.05) is 5.32 Å². The molecule has 3 aromatic rings. The van der Waals surface area contributed by atoms with E-state index in [9.17, 15) is 0 Å². The van der Waals surface area contributed by atoms with E-state index in [4.69, 9.17) is 11.6 Å². The Balaban J connectivity index is 1.88. The molecule has 0 aliphatic carbocycles. The highest BCUT2D eigenvalue weighted by Crippen LogP contribution is 2.21. The maximum atomic E-state index is 5.88. The molecule has 1 aromatic carbocycles. The summed E-state index contributed by atoms with van der Waals surface area (Å²) in [6.45, 7) is 0.703. The van der Waals surface area contributed by atoms with E-state index in [-0.39, 0.29) is 5.28 Å². The summed E-state index contributed by atoms with van der Waals surface area (Å²) >= 11 is 5.88. The lowest BCUT2D eigenvalue weighted by Gasteiger charge is -2.06. The molecule has 0 unspecified atom stereocenters. The zero-order valence-corrected chi connectivity index (χ0v) is 10.3. The predicted molar refractivity (Wildman–Crippen MR) is 72.7 cm³/mol. The molecule has 0 amide bonds. The Hall–Kier alpha value is -2.07. The first-order valence-electron chi connectivity index (χ1n) is 5.61. The predicted octanol–water partition coefficient (Wildman–Crippen LogP) is 3.22. The Morgan fingerprint density at radius 1 is 1.11 bits per heavy atom. The summed E-state index contributed by atoms with van der Waals surface area (Å²) in [6.07, 6.45) is 1.82. The molecule has 2 aromatic heterocycles. The lowest BCUT2D eigenvalue weighted by Crippen LogP contribution is -2.02. The molecule has 0 atom stereocenters. The Labute approximate surface area is 109 Å². The second kappa shape index (κ2) is 4.66. The Morgan fingerprint density at radius 3 is 2.78 bits per heavy atom. The molecule has 18 heavy (non-hydrogen) atoms. The van der Waals surface area contributed by atoms with Crippen LogP contribution < -0.4 is 5.32 Å². The number of nitrogens with one attached hydrogen (secondary N) is 2.